The van der Waals surface area contributed by atoms with E-state index in [1.54, 1.807) is 29.6 Å². The molecule has 2 aliphatic heterocycles. The normalized spacial score (nSPS) is 18.8. The third kappa shape index (κ3) is 3.02. The zero-order valence-corrected chi connectivity index (χ0v) is 16.9. The van der Waals surface area contributed by atoms with E-state index >= 15 is 0 Å². The number of hydrogen-bond acceptors (Lipinski definition) is 8. The lowest BCUT2D eigenvalue weighted by atomic mass is 9.99. The number of hydrogen-bond donors (Lipinski definition) is 1. The molecule has 0 aliphatic carbocycles. The molecule has 0 spiro atoms. The molecule has 1 N–H and O–H groups in total. The maximum atomic E-state index is 14.3. The van der Waals surface area contributed by atoms with Crippen LogP contribution in [0.2, 0.25) is 0 Å². The van der Waals surface area contributed by atoms with Gasteiger partial charge in [-0.05, 0) is 18.2 Å². The van der Waals surface area contributed by atoms with Gasteiger partial charge in [0.1, 0.15) is 17.4 Å². The number of fused-ring (bicyclic) bond motifs is 2. The van der Waals surface area contributed by atoms with Gasteiger partial charge in [-0.3, -0.25) is 4.79 Å². The van der Waals surface area contributed by atoms with Gasteiger partial charge in [-0.2, -0.15) is 5.10 Å². The smallest absolute Gasteiger partial charge is 0.318 e. The van der Waals surface area contributed by atoms with Crippen molar-refractivity contribution in [3.63, 3.8) is 0 Å². The molecule has 1 amide bonds. The molecule has 4 aromatic heterocycles. The molecule has 0 radical (unpaired) electrons. The predicted molar refractivity (Wildman–Crippen MR) is 108 cm³/mol. The average Bonchev–Trinajstić information content (AvgIpc) is 3.58. The largest absolute Gasteiger partial charge is 0.399 e. The highest BCUT2D eigenvalue weighted by molar-refractivity contribution is 5.90. The lowest BCUT2D eigenvalue weighted by Gasteiger charge is -2.32. The Kier molecular flexibility index (Phi) is 4.38. The highest BCUT2D eigenvalue weighted by Crippen LogP contribution is 2.34. The number of ether oxygens (including phenoxy) is 1. The quantitative estimate of drug-likeness (QED) is 0.507. The number of aromatic nitrogens is 6. The molecular formula is C20H19FN8O3. The van der Waals surface area contributed by atoms with E-state index in [1.165, 1.54) is 10.6 Å². The van der Waals surface area contributed by atoms with Crippen molar-refractivity contribution in [2.45, 2.75) is 12.5 Å². The third-order valence-corrected chi connectivity index (χ3v) is 5.81. The number of carbonyl (C=O) groups is 1. The number of nitrogens with one attached hydrogen (secondary N) is 1. The summed E-state index contributed by atoms with van der Waals surface area (Å²) in [6.45, 7) is 2.75. The number of imidazole rings is 1. The lowest BCUT2D eigenvalue weighted by molar-refractivity contribution is 0.0645. The van der Waals surface area contributed by atoms with Gasteiger partial charge in [-0.25, -0.2) is 13.9 Å². The molecule has 0 saturated carbocycles. The first-order valence-electron chi connectivity index (χ1n) is 10.3. The summed E-state index contributed by atoms with van der Waals surface area (Å²) >= 11 is 0. The van der Waals surface area contributed by atoms with Gasteiger partial charge in [0, 0.05) is 37.9 Å². The van der Waals surface area contributed by atoms with Crippen LogP contribution in [-0.2, 0) is 11.2 Å². The zero-order valence-electron chi connectivity index (χ0n) is 16.9. The van der Waals surface area contributed by atoms with Crippen molar-refractivity contribution in [2.75, 3.05) is 37.7 Å². The molecule has 0 bridgehead atoms. The van der Waals surface area contributed by atoms with Crippen LogP contribution in [-0.4, -0.2) is 73.4 Å². The fourth-order valence-electron chi connectivity index (χ4n) is 4.24. The van der Waals surface area contributed by atoms with Gasteiger partial charge in [0.05, 0.1) is 30.9 Å². The molecule has 4 aromatic rings. The molecule has 1 saturated heterocycles. The summed E-state index contributed by atoms with van der Waals surface area (Å²) in [7, 11) is 0. The third-order valence-electron chi connectivity index (χ3n) is 5.81. The maximum absolute atomic E-state index is 14.3. The van der Waals surface area contributed by atoms with Crippen molar-refractivity contribution >= 4 is 17.4 Å². The number of H-pyrrole nitrogens is 1. The number of aromatic amines is 1. The number of pyridine rings is 1. The van der Waals surface area contributed by atoms with E-state index in [9.17, 15) is 9.18 Å². The van der Waals surface area contributed by atoms with Crippen LogP contribution in [0.5, 0.6) is 0 Å². The Hall–Kier alpha value is -3.80. The summed E-state index contributed by atoms with van der Waals surface area (Å²) < 4.78 is 26.8. The van der Waals surface area contributed by atoms with Crippen LogP contribution < -0.4 is 4.90 Å². The van der Waals surface area contributed by atoms with Crippen LogP contribution in [0.4, 0.5) is 10.4 Å². The van der Waals surface area contributed by atoms with Crippen molar-refractivity contribution in [1.82, 2.24) is 34.7 Å². The van der Waals surface area contributed by atoms with Gasteiger partial charge in [0.25, 0.3) is 0 Å². The highest BCUT2D eigenvalue weighted by atomic mass is 19.1. The minimum absolute atomic E-state index is 0.106. The van der Waals surface area contributed by atoms with E-state index in [4.69, 9.17) is 9.15 Å². The molecule has 0 aromatic carbocycles. The first-order chi connectivity index (χ1) is 15.7. The molecule has 32 heavy (non-hydrogen) atoms. The van der Waals surface area contributed by atoms with Gasteiger partial charge in [0.15, 0.2) is 0 Å². The molecule has 11 nitrogen and oxygen atoms in total. The van der Waals surface area contributed by atoms with Crippen LogP contribution >= 0.6 is 0 Å². The van der Waals surface area contributed by atoms with Crippen LogP contribution in [0, 0.1) is 5.82 Å². The summed E-state index contributed by atoms with van der Waals surface area (Å²) in [6, 6.07) is 4.26. The van der Waals surface area contributed by atoms with Gasteiger partial charge in [-0.15, -0.1) is 5.10 Å². The van der Waals surface area contributed by atoms with E-state index in [-0.39, 0.29) is 5.89 Å². The second-order valence-corrected chi connectivity index (χ2v) is 7.66. The summed E-state index contributed by atoms with van der Waals surface area (Å²) in [6.07, 6.45) is 3.84. The Labute approximate surface area is 180 Å². The van der Waals surface area contributed by atoms with Crippen LogP contribution in [0.1, 0.15) is 33.8 Å². The van der Waals surface area contributed by atoms with Gasteiger partial charge >= 0.3 is 17.8 Å². The number of halogens is 1. The van der Waals surface area contributed by atoms with E-state index in [0.717, 1.165) is 5.69 Å². The van der Waals surface area contributed by atoms with Crippen LogP contribution in [0.3, 0.4) is 0 Å². The second-order valence-electron chi connectivity index (χ2n) is 7.66. The van der Waals surface area contributed by atoms with E-state index in [0.29, 0.717) is 62.2 Å². The van der Waals surface area contributed by atoms with Crippen LogP contribution in [0.15, 0.2) is 35.1 Å². The Morgan fingerprint density at radius 3 is 2.94 bits per heavy atom. The van der Waals surface area contributed by atoms with E-state index in [2.05, 4.69) is 25.3 Å². The monoisotopic (exact) mass is 438 g/mol. The predicted octanol–water partition coefficient (Wildman–Crippen LogP) is 1.20. The van der Waals surface area contributed by atoms with Crippen molar-refractivity contribution < 1.29 is 18.3 Å². The number of anilines is 1. The topological polar surface area (TPSA) is 118 Å². The van der Waals surface area contributed by atoms with Gasteiger partial charge in [-0.1, -0.05) is 5.10 Å². The number of amides is 1. The van der Waals surface area contributed by atoms with Crippen molar-refractivity contribution in [3.05, 3.63) is 59.5 Å². The van der Waals surface area contributed by atoms with Crippen molar-refractivity contribution in [2.24, 2.45) is 0 Å². The first-order valence-corrected chi connectivity index (χ1v) is 10.3. The minimum Gasteiger partial charge on any atom is -0.399 e. The molecule has 1 atom stereocenters. The average molecular weight is 438 g/mol. The Balaban J connectivity index is 1.37. The zero-order chi connectivity index (χ0) is 21.7. The highest BCUT2D eigenvalue weighted by Gasteiger charge is 2.38. The van der Waals surface area contributed by atoms with Crippen molar-refractivity contribution in [3.8, 4) is 0 Å². The summed E-state index contributed by atoms with van der Waals surface area (Å²) in [5, 5.41) is 12.6. The number of morpholine rings is 1. The minimum atomic E-state index is -0.615. The first kappa shape index (κ1) is 18.9. The summed E-state index contributed by atoms with van der Waals surface area (Å²) in [5.74, 6) is -0.923. The Morgan fingerprint density at radius 2 is 2.09 bits per heavy atom. The van der Waals surface area contributed by atoms with Gasteiger partial charge in [0.2, 0.25) is 0 Å². The number of rotatable bonds is 3. The molecule has 164 valence electrons. The van der Waals surface area contributed by atoms with E-state index in [1.807, 2.05) is 4.90 Å². The van der Waals surface area contributed by atoms with Crippen molar-refractivity contribution in [1.29, 1.82) is 0 Å². The van der Waals surface area contributed by atoms with Crippen LogP contribution in [0.25, 0.3) is 5.52 Å². The number of carbonyl (C=O) groups excluding carboxylic acids is 1. The Morgan fingerprint density at radius 1 is 1.22 bits per heavy atom. The molecule has 12 heteroatoms. The molecule has 6 rings (SSSR count). The van der Waals surface area contributed by atoms with Gasteiger partial charge < -0.3 is 23.9 Å². The Bertz CT molecular complexity index is 1290. The molecular weight excluding hydrogens is 419 g/mol. The fraction of sp³-hybridized carbons (Fsp3) is 0.350. The summed E-state index contributed by atoms with van der Waals surface area (Å²) in [4.78, 5) is 24.5. The lowest BCUT2D eigenvalue weighted by Crippen LogP contribution is -2.41. The molecule has 6 heterocycles. The van der Waals surface area contributed by atoms with E-state index < -0.39 is 17.8 Å². The SMILES string of the molecule is O=C(c1nnc(N2CCOCC2)o1)N1CCc2[nH]cnc2C1c1cc2c(F)cccn2n1. The number of nitrogens with zero attached hydrogens (tertiary/aromatic N) is 7. The molecule has 2 aliphatic rings. The standard InChI is InChI=1S/C20H19FN8O3/c21-12-2-1-4-29-15(12)10-14(26-29)17-16-13(22-11-23-16)3-5-28(17)19(30)18-24-25-20(32-18)27-6-8-31-9-7-27/h1-2,4,10-11,17H,3,5-9H2,(H,22,23). The maximum Gasteiger partial charge on any atom is 0.318 e. The summed E-state index contributed by atoms with van der Waals surface area (Å²) in [5.41, 5.74) is 2.41. The molecule has 1 unspecified atom stereocenters. The second kappa shape index (κ2) is 7.41. The molecule has 1 fully saturated rings. The fourth-order valence-corrected chi connectivity index (χ4v) is 4.24.